The minimum atomic E-state index is -0.800. The molecule has 9 heteroatoms. The molecule has 3 heterocycles. The van der Waals surface area contributed by atoms with Crippen molar-refractivity contribution in [1.82, 2.24) is 15.3 Å². The first kappa shape index (κ1) is 22.8. The highest BCUT2D eigenvalue weighted by molar-refractivity contribution is 7.16. The average molecular weight is 475 g/mol. The number of benzene rings is 1. The summed E-state index contributed by atoms with van der Waals surface area (Å²) in [5.74, 6) is 1.08. The number of piperidine rings is 1. The average Bonchev–Trinajstić information content (AvgIpc) is 3.26. The minimum absolute atomic E-state index is 0.0216. The lowest BCUT2D eigenvalue weighted by atomic mass is 9.78. The summed E-state index contributed by atoms with van der Waals surface area (Å²) in [4.78, 5) is 25.5. The third-order valence-corrected chi connectivity index (χ3v) is 7.17. The van der Waals surface area contributed by atoms with Crippen molar-refractivity contribution in [2.75, 3.05) is 31.7 Å². The largest absolute Gasteiger partial charge is 0.495 e. The number of nitrogens with one attached hydrogen (secondary N) is 1. The molecule has 1 aromatic carbocycles. The maximum atomic E-state index is 13.1. The van der Waals surface area contributed by atoms with Gasteiger partial charge in [0.1, 0.15) is 16.1 Å². The highest BCUT2D eigenvalue weighted by Crippen LogP contribution is 2.33. The number of fused-ring (bicyclic) bond motifs is 1. The molecule has 0 bridgehead atoms. The Labute approximate surface area is 196 Å². The van der Waals surface area contributed by atoms with Crippen molar-refractivity contribution in [2.24, 2.45) is 5.92 Å². The van der Waals surface area contributed by atoms with Crippen LogP contribution in [0.15, 0.2) is 35.8 Å². The third-order valence-electron chi connectivity index (χ3n) is 6.05. The second-order valence-corrected chi connectivity index (χ2v) is 9.26. The summed E-state index contributed by atoms with van der Waals surface area (Å²) in [5, 5.41) is 7.11. The molecule has 0 amide bonds. The van der Waals surface area contributed by atoms with Crippen molar-refractivity contribution in [3.8, 4) is 5.75 Å². The van der Waals surface area contributed by atoms with Crippen LogP contribution in [0.3, 0.4) is 0 Å². The number of aromatic nitrogens is 2. The van der Waals surface area contributed by atoms with Crippen molar-refractivity contribution in [3.63, 3.8) is 0 Å². The molecule has 0 saturated carbocycles. The lowest BCUT2D eigenvalue weighted by Crippen LogP contribution is -2.64. The number of nitrogens with zero attached hydrogens (tertiary/aromatic N) is 3. The number of hydrogen-bond donors (Lipinski definition) is 1. The first-order valence-electron chi connectivity index (χ1n) is 10.7. The fourth-order valence-corrected chi connectivity index (χ4v) is 5.21. The number of methoxy groups -OCH3 is 1. The lowest BCUT2D eigenvalue weighted by molar-refractivity contribution is -0.154. The van der Waals surface area contributed by atoms with Gasteiger partial charge in [-0.25, -0.2) is 9.97 Å². The molecule has 2 aromatic heterocycles. The molecule has 0 radical (unpaired) electrons. The van der Waals surface area contributed by atoms with Crippen molar-refractivity contribution < 1.29 is 14.3 Å². The lowest BCUT2D eigenvalue weighted by Gasteiger charge is -2.45. The number of anilines is 1. The fourth-order valence-electron chi connectivity index (χ4n) is 4.19. The van der Waals surface area contributed by atoms with Gasteiger partial charge in [0.2, 0.25) is 5.95 Å². The highest BCUT2D eigenvalue weighted by Gasteiger charge is 2.48. The molecule has 1 aliphatic heterocycles. The quantitative estimate of drug-likeness (QED) is 0.512. The third kappa shape index (κ3) is 4.40. The molecular weight excluding hydrogens is 448 g/mol. The van der Waals surface area contributed by atoms with Crippen LogP contribution in [0.1, 0.15) is 25.8 Å². The van der Waals surface area contributed by atoms with Gasteiger partial charge in [-0.1, -0.05) is 24.6 Å². The molecule has 1 fully saturated rings. The Balaban J connectivity index is 1.53. The summed E-state index contributed by atoms with van der Waals surface area (Å²) in [7, 11) is 1.59. The highest BCUT2D eigenvalue weighted by atomic mass is 35.5. The molecule has 3 aromatic rings. The zero-order chi connectivity index (χ0) is 22.7. The number of carbonyl (C=O) groups is 1. The molecule has 0 aliphatic carbocycles. The van der Waals surface area contributed by atoms with Crippen LogP contribution in [0.2, 0.25) is 5.02 Å². The molecule has 7 nitrogen and oxygen atoms in total. The van der Waals surface area contributed by atoms with E-state index < -0.39 is 5.54 Å². The zero-order valence-electron chi connectivity index (χ0n) is 18.4. The summed E-state index contributed by atoms with van der Waals surface area (Å²) >= 11 is 7.89. The van der Waals surface area contributed by atoms with Crippen LogP contribution in [0.25, 0.3) is 10.2 Å². The van der Waals surface area contributed by atoms with Crippen LogP contribution in [-0.4, -0.2) is 48.3 Å². The molecule has 32 heavy (non-hydrogen) atoms. The standard InChI is InChI=1S/C23H27ClN4O3S/c1-4-31-21(29)23(26-12-16-5-6-19(30-3)18(24)11-16)8-9-28(14-15(23)2)22-25-13-17-7-10-32-20(17)27-22/h5-7,10-11,13,15,26H,4,8-9,12,14H2,1-3H3. The van der Waals surface area contributed by atoms with Gasteiger partial charge in [0.05, 0.1) is 18.7 Å². The van der Waals surface area contributed by atoms with Gasteiger partial charge in [-0.05, 0) is 42.5 Å². The maximum Gasteiger partial charge on any atom is 0.326 e. The summed E-state index contributed by atoms with van der Waals surface area (Å²) < 4.78 is 10.7. The number of rotatable bonds is 7. The summed E-state index contributed by atoms with van der Waals surface area (Å²) in [6.07, 6.45) is 2.44. The number of halogens is 1. The Morgan fingerprint density at radius 3 is 2.97 bits per heavy atom. The summed E-state index contributed by atoms with van der Waals surface area (Å²) in [5.41, 5.74) is 0.173. The van der Waals surface area contributed by atoms with E-state index in [-0.39, 0.29) is 11.9 Å². The van der Waals surface area contributed by atoms with E-state index in [4.69, 9.17) is 26.1 Å². The van der Waals surface area contributed by atoms with Crippen LogP contribution in [0, 0.1) is 5.92 Å². The van der Waals surface area contributed by atoms with Crippen molar-refractivity contribution in [1.29, 1.82) is 0 Å². The number of thiophene rings is 1. The summed E-state index contributed by atoms with van der Waals surface area (Å²) in [6, 6.07) is 7.65. The number of hydrogen-bond acceptors (Lipinski definition) is 8. The number of ether oxygens (including phenoxy) is 2. The second-order valence-electron chi connectivity index (χ2n) is 7.96. The van der Waals surface area contributed by atoms with E-state index in [0.717, 1.165) is 15.8 Å². The van der Waals surface area contributed by atoms with Crippen LogP contribution >= 0.6 is 22.9 Å². The van der Waals surface area contributed by atoms with Crippen LogP contribution in [-0.2, 0) is 16.1 Å². The van der Waals surface area contributed by atoms with Crippen molar-refractivity contribution in [2.45, 2.75) is 32.4 Å². The molecule has 1 N–H and O–H groups in total. The Bertz CT molecular complexity index is 1110. The Morgan fingerprint density at radius 1 is 1.41 bits per heavy atom. The molecule has 1 saturated heterocycles. The number of carbonyl (C=O) groups excluding carboxylic acids is 1. The second kappa shape index (κ2) is 9.60. The van der Waals surface area contributed by atoms with Crippen LogP contribution in [0.5, 0.6) is 5.75 Å². The Kier molecular flexibility index (Phi) is 6.83. The van der Waals surface area contributed by atoms with E-state index in [1.807, 2.05) is 42.8 Å². The normalized spacial score (nSPS) is 21.0. The minimum Gasteiger partial charge on any atom is -0.495 e. The predicted molar refractivity (Wildman–Crippen MR) is 128 cm³/mol. The van der Waals surface area contributed by atoms with E-state index in [9.17, 15) is 4.79 Å². The van der Waals surface area contributed by atoms with Crippen molar-refractivity contribution >= 4 is 45.1 Å². The zero-order valence-corrected chi connectivity index (χ0v) is 20.0. The van der Waals surface area contributed by atoms with E-state index in [0.29, 0.717) is 49.4 Å². The SMILES string of the molecule is CCOC(=O)C1(NCc2ccc(OC)c(Cl)c2)CCN(c2ncc3ccsc3n2)CC1C. The van der Waals surface area contributed by atoms with E-state index in [1.165, 1.54) is 0 Å². The maximum absolute atomic E-state index is 13.1. The molecule has 170 valence electrons. The first-order valence-corrected chi connectivity index (χ1v) is 11.9. The summed E-state index contributed by atoms with van der Waals surface area (Å²) in [6.45, 7) is 6.03. The smallest absolute Gasteiger partial charge is 0.326 e. The molecule has 2 unspecified atom stereocenters. The van der Waals surface area contributed by atoms with Gasteiger partial charge in [0.15, 0.2) is 0 Å². The molecule has 1 aliphatic rings. The number of esters is 1. The van der Waals surface area contributed by atoms with E-state index in [1.54, 1.807) is 18.4 Å². The van der Waals surface area contributed by atoms with Gasteiger partial charge < -0.3 is 14.4 Å². The fraction of sp³-hybridized carbons (Fsp3) is 0.435. The van der Waals surface area contributed by atoms with Gasteiger partial charge >= 0.3 is 5.97 Å². The van der Waals surface area contributed by atoms with Crippen molar-refractivity contribution in [3.05, 3.63) is 46.4 Å². The predicted octanol–water partition coefficient (Wildman–Crippen LogP) is 4.29. The monoisotopic (exact) mass is 474 g/mol. The molecule has 2 atom stereocenters. The molecule has 0 spiro atoms. The van der Waals surface area contributed by atoms with Gasteiger partial charge in [0, 0.05) is 37.1 Å². The topological polar surface area (TPSA) is 76.6 Å². The van der Waals surface area contributed by atoms with E-state index >= 15 is 0 Å². The van der Waals surface area contributed by atoms with Crippen LogP contribution in [0.4, 0.5) is 5.95 Å². The van der Waals surface area contributed by atoms with Gasteiger partial charge in [0.25, 0.3) is 0 Å². The van der Waals surface area contributed by atoms with Gasteiger partial charge in [-0.2, -0.15) is 0 Å². The van der Waals surface area contributed by atoms with Gasteiger partial charge in [-0.3, -0.25) is 10.1 Å². The molecule has 4 rings (SSSR count). The Morgan fingerprint density at radius 2 is 2.25 bits per heavy atom. The first-order chi connectivity index (χ1) is 15.5. The Hall–Kier alpha value is -2.42. The van der Waals surface area contributed by atoms with Crippen LogP contribution < -0.4 is 15.0 Å². The molecular formula is C23H27ClN4O3S. The van der Waals surface area contributed by atoms with E-state index in [2.05, 4.69) is 22.1 Å². The van der Waals surface area contributed by atoms with Gasteiger partial charge in [-0.15, -0.1) is 11.3 Å².